The molecule has 2 aromatic heterocycles. The number of aromatic amines is 1. The van der Waals surface area contributed by atoms with Crippen LogP contribution < -0.4 is 10.1 Å². The highest BCUT2D eigenvalue weighted by Gasteiger charge is 2.46. The average molecular weight is 569 g/mol. The van der Waals surface area contributed by atoms with Crippen LogP contribution >= 0.6 is 11.3 Å². The Hall–Kier alpha value is -3.20. The first-order chi connectivity index (χ1) is 20.2. The van der Waals surface area contributed by atoms with Gasteiger partial charge in [0.25, 0.3) is 5.91 Å². The molecule has 2 aromatic carbocycles. The van der Waals surface area contributed by atoms with Crippen LogP contribution in [0.5, 0.6) is 5.75 Å². The number of amides is 1. The Labute approximate surface area is 244 Å². The number of carbonyl (C=O) groups excluding carboxylic acids is 1. The summed E-state index contributed by atoms with van der Waals surface area (Å²) in [6, 6.07) is 18.2. The van der Waals surface area contributed by atoms with Crippen LogP contribution in [0.1, 0.15) is 66.9 Å². The molecular formula is C33H36N4O3S. The third-order valence-corrected chi connectivity index (χ3v) is 10.6. The lowest BCUT2D eigenvalue weighted by atomic mass is 9.77. The number of benzene rings is 2. The normalized spacial score (nSPS) is 25.5. The van der Waals surface area contributed by atoms with E-state index in [1.165, 1.54) is 37.7 Å². The third kappa shape index (κ3) is 4.76. The molecule has 4 atom stereocenters. The Bertz CT molecular complexity index is 1510. The van der Waals surface area contributed by atoms with Crippen LogP contribution in [0.15, 0.2) is 59.3 Å². The van der Waals surface area contributed by atoms with Crippen molar-refractivity contribution in [2.45, 2.75) is 75.2 Å². The molecule has 7 nitrogen and oxygen atoms in total. The van der Waals surface area contributed by atoms with Crippen molar-refractivity contribution in [2.24, 2.45) is 5.92 Å². The first-order valence-corrected chi connectivity index (χ1v) is 16.1. The number of hydrogen-bond donors (Lipinski definition) is 2. The van der Waals surface area contributed by atoms with Crippen molar-refractivity contribution in [3.05, 3.63) is 70.4 Å². The first-order valence-electron chi connectivity index (χ1n) is 15.1. The predicted octanol–water partition coefficient (Wildman–Crippen LogP) is 6.34. The predicted molar refractivity (Wildman–Crippen MR) is 160 cm³/mol. The van der Waals surface area contributed by atoms with Crippen LogP contribution in [0.3, 0.4) is 0 Å². The number of thiophene rings is 1. The van der Waals surface area contributed by atoms with Gasteiger partial charge in [0.2, 0.25) is 0 Å². The molecular weight excluding hydrogens is 532 g/mol. The minimum atomic E-state index is -0.0317. The molecule has 4 aliphatic rings. The fourth-order valence-electron chi connectivity index (χ4n) is 7.43. The average Bonchev–Trinajstić information content (AvgIpc) is 3.66. The third-order valence-electron chi connectivity index (χ3n) is 9.85. The zero-order valence-corrected chi connectivity index (χ0v) is 23.9. The number of ether oxygens (including phenoxy) is 2. The number of aromatic nitrogens is 2. The van der Waals surface area contributed by atoms with Crippen molar-refractivity contribution in [3.63, 3.8) is 0 Å². The molecule has 1 aliphatic carbocycles. The molecule has 1 saturated carbocycles. The maximum atomic E-state index is 13.4. The second kappa shape index (κ2) is 10.6. The van der Waals surface area contributed by atoms with E-state index >= 15 is 0 Å². The monoisotopic (exact) mass is 568 g/mol. The van der Waals surface area contributed by atoms with Gasteiger partial charge in [0.05, 0.1) is 36.5 Å². The summed E-state index contributed by atoms with van der Waals surface area (Å²) in [4.78, 5) is 16.1. The first kappa shape index (κ1) is 25.5. The topological polar surface area (TPSA) is 79.5 Å². The summed E-state index contributed by atoms with van der Waals surface area (Å²) in [6.45, 7) is 1.79. The van der Waals surface area contributed by atoms with E-state index in [1.807, 2.05) is 18.2 Å². The molecule has 1 amide bonds. The maximum Gasteiger partial charge on any atom is 0.251 e. The van der Waals surface area contributed by atoms with Gasteiger partial charge in [-0.3, -0.25) is 14.8 Å². The number of rotatable bonds is 8. The molecule has 8 heteroatoms. The standard InChI is InChI=1S/C33H36N4O3S/c38-33(34-31(20-2-1-3-20)23-12-13-41-19-23)22-6-11-30-29(14-22)32(36-35-30)21-4-9-27(10-5-21)40-28-15-24-7-8-25(16-28)37(24)26-17-39-18-26/h4-6,9-14,19-20,24-26,28,31H,1-3,7-8,15-18H2,(H,34,38)(H,35,36)/t24-,25+,28-,31?. The Kier molecular flexibility index (Phi) is 6.58. The van der Waals surface area contributed by atoms with Crippen LogP contribution in [0.4, 0.5) is 0 Å². The van der Waals surface area contributed by atoms with Crippen LogP contribution in [-0.2, 0) is 4.74 Å². The number of hydrogen-bond acceptors (Lipinski definition) is 6. The van der Waals surface area contributed by atoms with E-state index in [2.05, 4.69) is 61.5 Å². The summed E-state index contributed by atoms with van der Waals surface area (Å²) in [7, 11) is 0. The molecule has 3 aliphatic heterocycles. The number of nitrogens with one attached hydrogen (secondary N) is 2. The minimum Gasteiger partial charge on any atom is -0.490 e. The van der Waals surface area contributed by atoms with Gasteiger partial charge in [0.15, 0.2) is 0 Å². The lowest BCUT2D eigenvalue weighted by Gasteiger charge is -2.46. The summed E-state index contributed by atoms with van der Waals surface area (Å²) in [5.41, 5.74) is 4.65. The van der Waals surface area contributed by atoms with E-state index in [0.29, 0.717) is 29.6 Å². The highest BCUT2D eigenvalue weighted by Crippen LogP contribution is 2.41. The van der Waals surface area contributed by atoms with Crippen molar-refractivity contribution in [1.29, 1.82) is 0 Å². The van der Waals surface area contributed by atoms with E-state index in [1.54, 1.807) is 11.3 Å². The molecule has 41 heavy (non-hydrogen) atoms. The molecule has 2 bridgehead atoms. The minimum absolute atomic E-state index is 0.0317. The Balaban J connectivity index is 0.969. The van der Waals surface area contributed by atoms with Crippen molar-refractivity contribution in [1.82, 2.24) is 20.4 Å². The highest BCUT2D eigenvalue weighted by molar-refractivity contribution is 7.08. The Morgan fingerprint density at radius 2 is 1.83 bits per heavy atom. The van der Waals surface area contributed by atoms with Gasteiger partial charge in [-0.25, -0.2) is 0 Å². The van der Waals surface area contributed by atoms with Gasteiger partial charge in [-0.05, 0) is 109 Å². The number of fused-ring (bicyclic) bond motifs is 3. The maximum absolute atomic E-state index is 13.4. The number of nitrogens with zero attached hydrogens (tertiary/aromatic N) is 2. The summed E-state index contributed by atoms with van der Waals surface area (Å²) in [5.74, 6) is 1.40. The molecule has 3 saturated heterocycles. The fourth-order valence-corrected chi connectivity index (χ4v) is 8.13. The van der Waals surface area contributed by atoms with Crippen LogP contribution in [0.25, 0.3) is 22.2 Å². The molecule has 2 N–H and O–H groups in total. The summed E-state index contributed by atoms with van der Waals surface area (Å²) in [5, 5.41) is 16.3. The summed E-state index contributed by atoms with van der Waals surface area (Å²) >= 11 is 1.68. The second-order valence-electron chi connectivity index (χ2n) is 12.3. The van der Waals surface area contributed by atoms with Crippen LogP contribution in [0, 0.1) is 5.92 Å². The lowest BCUT2D eigenvalue weighted by molar-refractivity contribution is -0.102. The van der Waals surface area contributed by atoms with Crippen molar-refractivity contribution in [2.75, 3.05) is 13.2 Å². The SMILES string of the molecule is O=C(NC(c1ccsc1)C1CCC1)c1ccc2[nH]nc(-c3ccc(O[C@@H]4C[C@H]5CC[C@@H](C4)N5C4COC4)cc3)c2c1. The quantitative estimate of drug-likeness (QED) is 0.260. The second-order valence-corrected chi connectivity index (χ2v) is 13.1. The molecule has 8 rings (SSSR count). The zero-order chi connectivity index (χ0) is 27.3. The smallest absolute Gasteiger partial charge is 0.251 e. The van der Waals surface area contributed by atoms with Crippen molar-refractivity contribution in [3.8, 4) is 17.0 Å². The van der Waals surface area contributed by atoms with Gasteiger partial charge >= 0.3 is 0 Å². The molecule has 1 unspecified atom stereocenters. The number of piperidine rings is 1. The summed E-state index contributed by atoms with van der Waals surface area (Å²) in [6.07, 6.45) is 8.59. The van der Waals surface area contributed by atoms with Gasteiger partial charge in [0, 0.05) is 28.6 Å². The van der Waals surface area contributed by atoms with Crippen molar-refractivity contribution < 1.29 is 14.3 Å². The van der Waals surface area contributed by atoms with Gasteiger partial charge < -0.3 is 14.8 Å². The summed E-state index contributed by atoms with van der Waals surface area (Å²) < 4.78 is 12.0. The van der Waals surface area contributed by atoms with Gasteiger partial charge in [-0.1, -0.05) is 6.42 Å². The van der Waals surface area contributed by atoms with Crippen molar-refractivity contribution >= 4 is 28.1 Å². The molecule has 4 aromatic rings. The fraction of sp³-hybridized carbons (Fsp3) is 0.455. The van der Waals surface area contributed by atoms with E-state index < -0.39 is 0 Å². The van der Waals surface area contributed by atoms with Gasteiger partial charge in [-0.15, -0.1) is 0 Å². The molecule has 0 radical (unpaired) electrons. The van der Waals surface area contributed by atoms with E-state index in [-0.39, 0.29) is 18.1 Å². The number of carbonyl (C=O) groups is 1. The molecule has 0 spiro atoms. The Morgan fingerprint density at radius 1 is 1.02 bits per heavy atom. The van der Waals surface area contributed by atoms with Gasteiger partial charge in [0.1, 0.15) is 11.9 Å². The molecule has 4 fully saturated rings. The van der Waals surface area contributed by atoms with E-state index in [0.717, 1.165) is 54.0 Å². The number of H-pyrrole nitrogens is 1. The van der Waals surface area contributed by atoms with Gasteiger partial charge in [-0.2, -0.15) is 16.4 Å². The highest BCUT2D eigenvalue weighted by atomic mass is 32.1. The zero-order valence-electron chi connectivity index (χ0n) is 23.1. The van der Waals surface area contributed by atoms with E-state index in [9.17, 15) is 4.79 Å². The van der Waals surface area contributed by atoms with Crippen LogP contribution in [0.2, 0.25) is 0 Å². The molecule has 212 valence electrons. The lowest BCUT2D eigenvalue weighted by Crippen LogP contribution is -2.57. The Morgan fingerprint density at radius 3 is 2.49 bits per heavy atom. The largest absolute Gasteiger partial charge is 0.490 e. The van der Waals surface area contributed by atoms with Crippen LogP contribution in [-0.4, -0.2) is 58.4 Å². The van der Waals surface area contributed by atoms with E-state index in [4.69, 9.17) is 9.47 Å². The molecule has 5 heterocycles.